The van der Waals surface area contributed by atoms with E-state index in [1.54, 1.807) is 6.07 Å². The summed E-state index contributed by atoms with van der Waals surface area (Å²) in [6.07, 6.45) is 2.97. The maximum Gasteiger partial charge on any atom is 0.248 e. The van der Waals surface area contributed by atoms with E-state index in [4.69, 9.17) is 10.7 Å². The second-order valence-electron chi connectivity index (χ2n) is 6.64. The molecule has 1 saturated heterocycles. The minimum Gasteiger partial charge on any atom is -0.366 e. The first kappa shape index (κ1) is 15.8. The van der Waals surface area contributed by atoms with Crippen LogP contribution in [0.2, 0.25) is 0 Å². The summed E-state index contributed by atoms with van der Waals surface area (Å²) in [5.41, 5.74) is 8.33. The van der Waals surface area contributed by atoms with Gasteiger partial charge < -0.3 is 11.1 Å². The second kappa shape index (κ2) is 6.65. The SMILES string of the molecule is NC(=O)c1ccc2c([C@@H](c3ccccc3)[C@H]3CCNC3)nccc2c1. The normalized spacial score (nSPS) is 18.3. The number of nitrogens with zero attached hydrogens (tertiary/aromatic N) is 1. The lowest BCUT2D eigenvalue weighted by Gasteiger charge is -2.24. The largest absolute Gasteiger partial charge is 0.366 e. The van der Waals surface area contributed by atoms with Gasteiger partial charge in [-0.3, -0.25) is 9.78 Å². The average Bonchev–Trinajstić information content (AvgIpc) is 3.17. The molecular weight excluding hydrogens is 310 g/mol. The number of hydrogen-bond acceptors (Lipinski definition) is 3. The van der Waals surface area contributed by atoms with E-state index in [2.05, 4.69) is 29.6 Å². The summed E-state index contributed by atoms with van der Waals surface area (Å²) in [7, 11) is 0. The van der Waals surface area contributed by atoms with Crippen LogP contribution in [0.5, 0.6) is 0 Å². The van der Waals surface area contributed by atoms with Gasteiger partial charge in [0.2, 0.25) is 5.91 Å². The number of nitrogens with one attached hydrogen (secondary N) is 1. The summed E-state index contributed by atoms with van der Waals surface area (Å²) < 4.78 is 0. The number of fused-ring (bicyclic) bond motifs is 1. The van der Waals surface area contributed by atoms with Crippen LogP contribution in [-0.2, 0) is 0 Å². The molecule has 1 aliphatic rings. The number of hydrogen-bond donors (Lipinski definition) is 2. The summed E-state index contributed by atoms with van der Waals surface area (Å²) in [4.78, 5) is 16.3. The molecule has 4 nitrogen and oxygen atoms in total. The van der Waals surface area contributed by atoms with Crippen LogP contribution in [0.4, 0.5) is 0 Å². The van der Waals surface area contributed by atoms with Crippen LogP contribution < -0.4 is 11.1 Å². The smallest absolute Gasteiger partial charge is 0.248 e. The molecule has 1 amide bonds. The third kappa shape index (κ3) is 3.01. The van der Waals surface area contributed by atoms with Crippen LogP contribution in [-0.4, -0.2) is 24.0 Å². The van der Waals surface area contributed by atoms with E-state index in [1.165, 1.54) is 5.56 Å². The highest BCUT2D eigenvalue weighted by atomic mass is 16.1. The van der Waals surface area contributed by atoms with Crippen molar-refractivity contribution in [2.75, 3.05) is 13.1 Å². The minimum atomic E-state index is -0.403. The van der Waals surface area contributed by atoms with Crippen molar-refractivity contribution in [3.8, 4) is 0 Å². The zero-order chi connectivity index (χ0) is 17.2. The summed E-state index contributed by atoms with van der Waals surface area (Å²) >= 11 is 0. The number of pyridine rings is 1. The van der Waals surface area contributed by atoms with Gasteiger partial charge in [0.15, 0.2) is 0 Å². The fourth-order valence-electron chi connectivity index (χ4n) is 3.88. The molecule has 0 unspecified atom stereocenters. The van der Waals surface area contributed by atoms with E-state index in [0.29, 0.717) is 11.5 Å². The van der Waals surface area contributed by atoms with E-state index >= 15 is 0 Å². The zero-order valence-corrected chi connectivity index (χ0v) is 14.0. The molecule has 0 spiro atoms. The van der Waals surface area contributed by atoms with Crippen molar-refractivity contribution in [3.63, 3.8) is 0 Å². The lowest BCUT2D eigenvalue weighted by Crippen LogP contribution is -2.19. The molecule has 2 aromatic carbocycles. The fraction of sp³-hybridized carbons (Fsp3) is 0.238. The minimum absolute atomic E-state index is 0.235. The van der Waals surface area contributed by atoms with Crippen molar-refractivity contribution in [2.24, 2.45) is 11.7 Å². The van der Waals surface area contributed by atoms with Crippen LogP contribution in [0, 0.1) is 5.92 Å². The Hall–Kier alpha value is -2.72. The number of amides is 1. The van der Waals surface area contributed by atoms with Gasteiger partial charge in [-0.05, 0) is 54.6 Å². The molecule has 4 heteroatoms. The second-order valence-corrected chi connectivity index (χ2v) is 6.64. The van der Waals surface area contributed by atoms with Gasteiger partial charge in [-0.15, -0.1) is 0 Å². The van der Waals surface area contributed by atoms with Crippen molar-refractivity contribution in [3.05, 3.63) is 77.6 Å². The van der Waals surface area contributed by atoms with Gasteiger partial charge in [0.05, 0.1) is 5.69 Å². The number of carbonyl (C=O) groups excluding carboxylic acids is 1. The summed E-state index contributed by atoms with van der Waals surface area (Å²) in [6.45, 7) is 2.04. The van der Waals surface area contributed by atoms with E-state index in [-0.39, 0.29) is 5.92 Å². The Morgan fingerprint density at radius 2 is 2.00 bits per heavy atom. The average molecular weight is 331 g/mol. The van der Waals surface area contributed by atoms with Gasteiger partial charge in [-0.2, -0.15) is 0 Å². The third-order valence-electron chi connectivity index (χ3n) is 5.10. The Balaban J connectivity index is 1.88. The highest BCUT2D eigenvalue weighted by molar-refractivity contribution is 5.98. The van der Waals surface area contributed by atoms with Crippen LogP contribution >= 0.6 is 0 Å². The molecular formula is C21H21N3O. The van der Waals surface area contributed by atoms with Crippen LogP contribution in [0.25, 0.3) is 10.8 Å². The zero-order valence-electron chi connectivity index (χ0n) is 14.0. The lowest BCUT2D eigenvalue weighted by molar-refractivity contribution is 0.100. The van der Waals surface area contributed by atoms with Gasteiger partial charge >= 0.3 is 0 Å². The van der Waals surface area contributed by atoms with Gasteiger partial charge in [0, 0.05) is 23.1 Å². The first-order chi connectivity index (χ1) is 12.2. The van der Waals surface area contributed by atoms with Gasteiger partial charge in [0.25, 0.3) is 0 Å². The number of primary amides is 1. The van der Waals surface area contributed by atoms with Crippen molar-refractivity contribution >= 4 is 16.7 Å². The predicted molar refractivity (Wildman–Crippen MR) is 99.5 cm³/mol. The highest BCUT2D eigenvalue weighted by Crippen LogP contribution is 2.37. The molecule has 1 fully saturated rings. The van der Waals surface area contributed by atoms with E-state index in [9.17, 15) is 4.79 Å². The first-order valence-electron chi connectivity index (χ1n) is 8.68. The maximum absolute atomic E-state index is 11.5. The molecule has 0 radical (unpaired) electrons. The Labute approximate surface area is 147 Å². The van der Waals surface area contributed by atoms with Gasteiger partial charge in [-0.1, -0.05) is 36.4 Å². The first-order valence-corrected chi connectivity index (χ1v) is 8.68. The summed E-state index contributed by atoms with van der Waals surface area (Å²) in [5, 5.41) is 5.57. The quantitative estimate of drug-likeness (QED) is 0.772. The Kier molecular flexibility index (Phi) is 4.20. The summed E-state index contributed by atoms with van der Waals surface area (Å²) in [5.74, 6) is 0.343. The van der Waals surface area contributed by atoms with E-state index < -0.39 is 5.91 Å². The summed E-state index contributed by atoms with van der Waals surface area (Å²) in [6, 6.07) is 18.2. The monoisotopic (exact) mass is 331 g/mol. The third-order valence-corrected chi connectivity index (χ3v) is 5.10. The standard InChI is InChI=1S/C21H21N3O/c22-21(25)16-6-7-18-15(12-16)9-11-24-20(18)19(17-8-10-23-13-17)14-4-2-1-3-5-14/h1-7,9,11-12,17,19,23H,8,10,13H2,(H2,22,25)/t17-,19-/m0/s1. The molecule has 2 heterocycles. The molecule has 3 aromatic rings. The molecule has 0 aliphatic carbocycles. The molecule has 2 atom stereocenters. The molecule has 1 aliphatic heterocycles. The van der Waals surface area contributed by atoms with Crippen molar-refractivity contribution < 1.29 is 4.79 Å². The number of nitrogens with two attached hydrogens (primary N) is 1. The van der Waals surface area contributed by atoms with Crippen LogP contribution in [0.3, 0.4) is 0 Å². The number of aromatic nitrogens is 1. The molecule has 3 N–H and O–H groups in total. The highest BCUT2D eigenvalue weighted by Gasteiger charge is 2.29. The molecule has 4 rings (SSSR count). The fourth-order valence-corrected chi connectivity index (χ4v) is 3.88. The van der Waals surface area contributed by atoms with E-state index in [0.717, 1.165) is 36.0 Å². The Bertz CT molecular complexity index is 901. The number of rotatable bonds is 4. The molecule has 25 heavy (non-hydrogen) atoms. The van der Waals surface area contributed by atoms with Gasteiger partial charge in [-0.25, -0.2) is 0 Å². The number of benzene rings is 2. The Morgan fingerprint density at radius 3 is 2.72 bits per heavy atom. The molecule has 0 saturated carbocycles. The van der Waals surface area contributed by atoms with E-state index in [1.807, 2.05) is 30.5 Å². The van der Waals surface area contributed by atoms with Crippen molar-refractivity contribution in [1.29, 1.82) is 0 Å². The van der Waals surface area contributed by atoms with Crippen molar-refractivity contribution in [1.82, 2.24) is 10.3 Å². The molecule has 126 valence electrons. The molecule has 1 aromatic heterocycles. The number of carbonyl (C=O) groups is 1. The van der Waals surface area contributed by atoms with Gasteiger partial charge in [0.1, 0.15) is 0 Å². The van der Waals surface area contributed by atoms with Crippen LogP contribution in [0.15, 0.2) is 60.8 Å². The Morgan fingerprint density at radius 1 is 1.16 bits per heavy atom. The van der Waals surface area contributed by atoms with Crippen LogP contribution in [0.1, 0.15) is 34.0 Å². The van der Waals surface area contributed by atoms with Crippen molar-refractivity contribution in [2.45, 2.75) is 12.3 Å². The molecule has 0 bridgehead atoms. The predicted octanol–water partition coefficient (Wildman–Crippen LogP) is 3.08. The maximum atomic E-state index is 11.5. The lowest BCUT2D eigenvalue weighted by atomic mass is 9.81. The topological polar surface area (TPSA) is 68.0 Å².